The van der Waals surface area contributed by atoms with Gasteiger partial charge in [-0.25, -0.2) is 8.42 Å². The Morgan fingerprint density at radius 3 is 2.66 bits per heavy atom. The number of nitrogens with zero attached hydrogens (tertiary/aromatic N) is 1. The second-order valence-electron chi connectivity index (χ2n) is 7.66. The van der Waals surface area contributed by atoms with Crippen molar-refractivity contribution >= 4 is 21.9 Å². The molecule has 2 aromatic rings. The zero-order chi connectivity index (χ0) is 22.7. The second kappa shape index (κ2) is 9.17. The van der Waals surface area contributed by atoms with E-state index >= 15 is 0 Å². The molecule has 32 heavy (non-hydrogen) atoms. The van der Waals surface area contributed by atoms with Crippen molar-refractivity contribution in [2.45, 2.75) is 37.2 Å². The molecule has 1 atom stereocenters. The van der Waals surface area contributed by atoms with Crippen molar-refractivity contribution in [2.75, 3.05) is 19.9 Å². The van der Waals surface area contributed by atoms with E-state index < -0.39 is 34.5 Å². The molecule has 0 spiro atoms. The summed E-state index contributed by atoms with van der Waals surface area (Å²) in [5.74, 6) is 0.0494. The van der Waals surface area contributed by atoms with Crippen LogP contribution in [0.15, 0.2) is 47.4 Å². The molecule has 2 aliphatic rings. The SMILES string of the molecule is Cc1ccc(S(=O)(=O)N2CCCC2C(=O)OCC(=O)NCc2ccc3c(c2)OCO3)cc1. The van der Waals surface area contributed by atoms with Crippen molar-refractivity contribution in [3.8, 4) is 11.5 Å². The van der Waals surface area contributed by atoms with Gasteiger partial charge in [-0.2, -0.15) is 4.31 Å². The minimum Gasteiger partial charge on any atom is -0.454 e. The van der Waals surface area contributed by atoms with Gasteiger partial charge in [-0.3, -0.25) is 9.59 Å². The van der Waals surface area contributed by atoms with Crippen molar-refractivity contribution in [2.24, 2.45) is 0 Å². The first-order valence-corrected chi connectivity index (χ1v) is 11.7. The number of rotatable bonds is 7. The molecule has 2 aromatic carbocycles. The van der Waals surface area contributed by atoms with Crippen LogP contribution in [0, 0.1) is 6.92 Å². The number of fused-ring (bicyclic) bond motifs is 1. The molecule has 0 bridgehead atoms. The van der Waals surface area contributed by atoms with Gasteiger partial charge in [0.25, 0.3) is 5.91 Å². The molecule has 2 aliphatic heterocycles. The van der Waals surface area contributed by atoms with Crippen LogP contribution in [0.2, 0.25) is 0 Å². The number of carbonyl (C=O) groups excluding carboxylic acids is 2. The van der Waals surface area contributed by atoms with Gasteiger partial charge in [0.15, 0.2) is 18.1 Å². The van der Waals surface area contributed by atoms with Gasteiger partial charge >= 0.3 is 5.97 Å². The minimum absolute atomic E-state index is 0.129. The first kappa shape index (κ1) is 22.1. The maximum absolute atomic E-state index is 13.0. The molecular formula is C22H24N2O7S. The van der Waals surface area contributed by atoms with Gasteiger partial charge in [0.2, 0.25) is 16.8 Å². The molecule has 0 aliphatic carbocycles. The molecule has 0 aromatic heterocycles. The number of hydrogen-bond donors (Lipinski definition) is 1. The summed E-state index contributed by atoms with van der Waals surface area (Å²) in [6, 6.07) is 10.8. The third-order valence-electron chi connectivity index (χ3n) is 5.38. The number of esters is 1. The van der Waals surface area contributed by atoms with E-state index in [0.717, 1.165) is 15.4 Å². The van der Waals surface area contributed by atoms with E-state index in [0.29, 0.717) is 24.3 Å². The fourth-order valence-corrected chi connectivity index (χ4v) is 5.29. The molecule has 9 nitrogen and oxygen atoms in total. The van der Waals surface area contributed by atoms with E-state index in [-0.39, 0.29) is 24.8 Å². The van der Waals surface area contributed by atoms with Gasteiger partial charge in [0.1, 0.15) is 6.04 Å². The van der Waals surface area contributed by atoms with Crippen LogP contribution in [0.4, 0.5) is 0 Å². The highest BCUT2D eigenvalue weighted by Gasteiger charge is 2.40. The van der Waals surface area contributed by atoms with Crippen LogP contribution >= 0.6 is 0 Å². The Morgan fingerprint density at radius 1 is 1.12 bits per heavy atom. The van der Waals surface area contributed by atoms with Crippen LogP contribution in [-0.4, -0.2) is 50.6 Å². The maximum Gasteiger partial charge on any atom is 0.324 e. The third-order valence-corrected chi connectivity index (χ3v) is 7.30. The summed E-state index contributed by atoms with van der Waals surface area (Å²) in [4.78, 5) is 24.8. The van der Waals surface area contributed by atoms with Crippen LogP contribution in [0.3, 0.4) is 0 Å². The number of carbonyl (C=O) groups is 2. The lowest BCUT2D eigenvalue weighted by atomic mass is 10.2. The van der Waals surface area contributed by atoms with E-state index in [1.165, 1.54) is 12.1 Å². The van der Waals surface area contributed by atoms with Crippen molar-refractivity contribution in [1.29, 1.82) is 0 Å². The summed E-state index contributed by atoms with van der Waals surface area (Å²) < 4.78 is 42.7. The molecule has 1 amide bonds. The number of ether oxygens (including phenoxy) is 3. The standard InChI is InChI=1S/C22H24N2O7S/c1-15-4-7-17(8-5-15)32(27,28)24-10-2-3-18(24)22(26)29-13-21(25)23-12-16-6-9-19-20(11-16)31-14-30-19/h4-9,11,18H,2-3,10,12-14H2,1H3,(H,23,25). The average molecular weight is 461 g/mol. The van der Waals surface area contributed by atoms with Gasteiger partial charge < -0.3 is 19.5 Å². The molecule has 4 rings (SSSR count). The number of aryl methyl sites for hydroxylation is 1. The molecule has 1 saturated heterocycles. The van der Waals surface area contributed by atoms with E-state index in [2.05, 4.69) is 5.32 Å². The lowest BCUT2D eigenvalue weighted by molar-refractivity contribution is -0.151. The zero-order valence-electron chi connectivity index (χ0n) is 17.6. The maximum atomic E-state index is 13.0. The number of benzene rings is 2. The van der Waals surface area contributed by atoms with Crippen LogP contribution in [-0.2, 0) is 30.9 Å². The van der Waals surface area contributed by atoms with Crippen LogP contribution < -0.4 is 14.8 Å². The summed E-state index contributed by atoms with van der Waals surface area (Å²) in [6.45, 7) is 2.00. The highest BCUT2D eigenvalue weighted by atomic mass is 32.2. The normalized spacial score (nSPS) is 17.8. The highest BCUT2D eigenvalue weighted by molar-refractivity contribution is 7.89. The van der Waals surface area contributed by atoms with E-state index in [1.807, 2.05) is 6.92 Å². The Labute approximate surface area is 186 Å². The fourth-order valence-electron chi connectivity index (χ4n) is 3.64. The molecule has 2 heterocycles. The first-order chi connectivity index (χ1) is 15.3. The van der Waals surface area contributed by atoms with Crippen molar-refractivity contribution < 1.29 is 32.2 Å². The number of amides is 1. The third kappa shape index (κ3) is 4.71. The topological polar surface area (TPSA) is 111 Å². The summed E-state index contributed by atoms with van der Waals surface area (Å²) in [6.07, 6.45) is 0.893. The van der Waals surface area contributed by atoms with Crippen LogP contribution in [0.5, 0.6) is 11.5 Å². The number of nitrogens with one attached hydrogen (secondary N) is 1. The first-order valence-electron chi connectivity index (χ1n) is 10.2. The molecule has 10 heteroatoms. The van der Waals surface area contributed by atoms with Gasteiger partial charge in [-0.15, -0.1) is 0 Å². The van der Waals surface area contributed by atoms with Crippen molar-refractivity contribution in [3.05, 3.63) is 53.6 Å². The fraction of sp³-hybridized carbons (Fsp3) is 0.364. The summed E-state index contributed by atoms with van der Waals surface area (Å²) >= 11 is 0. The Morgan fingerprint density at radius 2 is 1.88 bits per heavy atom. The van der Waals surface area contributed by atoms with Gasteiger partial charge in [0, 0.05) is 13.1 Å². The predicted molar refractivity (Wildman–Crippen MR) is 113 cm³/mol. The molecule has 1 N–H and O–H groups in total. The van der Waals surface area contributed by atoms with Gasteiger partial charge in [0.05, 0.1) is 4.90 Å². The lowest BCUT2D eigenvalue weighted by Gasteiger charge is -2.22. The van der Waals surface area contributed by atoms with Crippen LogP contribution in [0.25, 0.3) is 0 Å². The van der Waals surface area contributed by atoms with E-state index in [1.54, 1.807) is 30.3 Å². The zero-order valence-corrected chi connectivity index (χ0v) is 18.4. The number of sulfonamides is 1. The smallest absolute Gasteiger partial charge is 0.324 e. The molecule has 0 radical (unpaired) electrons. The quantitative estimate of drug-likeness (QED) is 0.627. The van der Waals surface area contributed by atoms with Gasteiger partial charge in [-0.05, 0) is 49.6 Å². The van der Waals surface area contributed by atoms with E-state index in [4.69, 9.17) is 14.2 Å². The number of hydrogen-bond acceptors (Lipinski definition) is 7. The highest BCUT2D eigenvalue weighted by Crippen LogP contribution is 2.32. The summed E-state index contributed by atoms with van der Waals surface area (Å²) in [7, 11) is -3.83. The minimum atomic E-state index is -3.83. The summed E-state index contributed by atoms with van der Waals surface area (Å²) in [5.41, 5.74) is 1.74. The van der Waals surface area contributed by atoms with Crippen molar-refractivity contribution in [3.63, 3.8) is 0 Å². The molecule has 1 fully saturated rings. The largest absolute Gasteiger partial charge is 0.454 e. The Hall–Kier alpha value is -3.11. The molecular weight excluding hydrogens is 436 g/mol. The lowest BCUT2D eigenvalue weighted by Crippen LogP contribution is -2.42. The van der Waals surface area contributed by atoms with Crippen molar-refractivity contribution in [1.82, 2.24) is 9.62 Å². The monoisotopic (exact) mass is 460 g/mol. The molecule has 170 valence electrons. The second-order valence-corrected chi connectivity index (χ2v) is 9.55. The molecule has 0 saturated carbocycles. The summed E-state index contributed by atoms with van der Waals surface area (Å²) in [5, 5.41) is 2.66. The molecule has 1 unspecified atom stereocenters. The Bertz CT molecular complexity index is 1120. The Kier molecular flexibility index (Phi) is 6.33. The Balaban J connectivity index is 1.31. The van der Waals surface area contributed by atoms with Crippen LogP contribution in [0.1, 0.15) is 24.0 Å². The van der Waals surface area contributed by atoms with E-state index in [9.17, 15) is 18.0 Å². The average Bonchev–Trinajstić information content (AvgIpc) is 3.46. The predicted octanol–water partition coefficient (Wildman–Crippen LogP) is 1.74. The van der Waals surface area contributed by atoms with Gasteiger partial charge in [-0.1, -0.05) is 23.8 Å².